The number of rotatable bonds is 8. The molecule has 0 aliphatic heterocycles. The van der Waals surface area contributed by atoms with E-state index in [-0.39, 0.29) is 12.5 Å². The van der Waals surface area contributed by atoms with E-state index in [0.29, 0.717) is 24.8 Å². The molecule has 1 N–H and O–H groups in total. The molecule has 19 heavy (non-hydrogen) atoms. The van der Waals surface area contributed by atoms with Gasteiger partial charge in [0.15, 0.2) is 6.61 Å². The second kappa shape index (κ2) is 8.40. The van der Waals surface area contributed by atoms with E-state index in [1.54, 1.807) is 12.1 Å². The number of hydrogen-bond acceptors (Lipinski definition) is 3. The van der Waals surface area contributed by atoms with Gasteiger partial charge in [-0.25, -0.2) is 0 Å². The number of carbonyl (C=O) groups excluding carboxylic acids is 1. The van der Waals surface area contributed by atoms with Gasteiger partial charge in [0.25, 0.3) is 5.91 Å². The van der Waals surface area contributed by atoms with Crippen LogP contribution in [0.3, 0.4) is 0 Å². The van der Waals surface area contributed by atoms with Crippen molar-refractivity contribution in [3.05, 3.63) is 24.3 Å². The molecule has 0 atom stereocenters. The van der Waals surface area contributed by atoms with Crippen LogP contribution in [0.4, 0.5) is 0 Å². The molecule has 1 amide bonds. The Morgan fingerprint density at radius 3 is 2.26 bits per heavy atom. The fourth-order valence-corrected chi connectivity index (χ4v) is 1.37. The molecule has 0 aliphatic carbocycles. The monoisotopic (exact) mass is 265 g/mol. The molecule has 106 valence electrons. The van der Waals surface area contributed by atoms with Gasteiger partial charge in [-0.3, -0.25) is 4.79 Å². The smallest absolute Gasteiger partial charge is 0.257 e. The minimum Gasteiger partial charge on any atom is -0.494 e. The number of ether oxygens (including phenoxy) is 2. The Balaban J connectivity index is 2.31. The highest BCUT2D eigenvalue weighted by Crippen LogP contribution is 2.17. The lowest BCUT2D eigenvalue weighted by atomic mass is 10.2. The zero-order valence-electron chi connectivity index (χ0n) is 11.9. The molecule has 0 unspecified atom stereocenters. The molecule has 0 fully saturated rings. The van der Waals surface area contributed by atoms with E-state index >= 15 is 0 Å². The quantitative estimate of drug-likeness (QED) is 0.786. The molecule has 1 aromatic carbocycles. The SMILES string of the molecule is CCCOc1ccc(OCC(=O)NCC(C)C)cc1. The van der Waals surface area contributed by atoms with Crippen molar-refractivity contribution in [2.45, 2.75) is 27.2 Å². The average molecular weight is 265 g/mol. The molecule has 4 nitrogen and oxygen atoms in total. The predicted molar refractivity (Wildman–Crippen MR) is 75.6 cm³/mol. The maximum atomic E-state index is 11.5. The molecule has 0 aliphatic rings. The molecule has 0 radical (unpaired) electrons. The average Bonchev–Trinajstić information content (AvgIpc) is 2.41. The Hall–Kier alpha value is -1.71. The Morgan fingerprint density at radius 2 is 1.74 bits per heavy atom. The summed E-state index contributed by atoms with van der Waals surface area (Å²) in [6, 6.07) is 7.30. The van der Waals surface area contributed by atoms with Crippen molar-refractivity contribution in [1.29, 1.82) is 0 Å². The van der Waals surface area contributed by atoms with E-state index in [2.05, 4.69) is 26.1 Å². The van der Waals surface area contributed by atoms with Crippen LogP contribution in [-0.4, -0.2) is 25.7 Å². The van der Waals surface area contributed by atoms with Crippen LogP contribution >= 0.6 is 0 Å². The van der Waals surface area contributed by atoms with Gasteiger partial charge in [-0.1, -0.05) is 20.8 Å². The fourth-order valence-electron chi connectivity index (χ4n) is 1.37. The van der Waals surface area contributed by atoms with E-state index in [9.17, 15) is 4.79 Å². The lowest BCUT2D eigenvalue weighted by Gasteiger charge is -2.09. The molecule has 1 rings (SSSR count). The number of nitrogens with one attached hydrogen (secondary N) is 1. The zero-order valence-corrected chi connectivity index (χ0v) is 11.9. The van der Waals surface area contributed by atoms with Gasteiger partial charge in [0, 0.05) is 6.54 Å². The Bertz CT molecular complexity index is 373. The first-order chi connectivity index (χ1) is 9.11. The van der Waals surface area contributed by atoms with Gasteiger partial charge in [0.2, 0.25) is 0 Å². The van der Waals surface area contributed by atoms with Crippen LogP contribution in [0.25, 0.3) is 0 Å². The van der Waals surface area contributed by atoms with Gasteiger partial charge < -0.3 is 14.8 Å². The molecule has 0 bridgehead atoms. The van der Waals surface area contributed by atoms with Crippen molar-refractivity contribution in [1.82, 2.24) is 5.32 Å². The van der Waals surface area contributed by atoms with Crippen molar-refractivity contribution in [3.63, 3.8) is 0 Å². The summed E-state index contributed by atoms with van der Waals surface area (Å²) < 4.78 is 10.9. The summed E-state index contributed by atoms with van der Waals surface area (Å²) in [5, 5.41) is 2.80. The Morgan fingerprint density at radius 1 is 1.16 bits per heavy atom. The number of carbonyl (C=O) groups is 1. The first kappa shape index (κ1) is 15.3. The van der Waals surface area contributed by atoms with Crippen LogP contribution < -0.4 is 14.8 Å². The minimum absolute atomic E-state index is 0.0435. The predicted octanol–water partition coefficient (Wildman–Crippen LogP) is 2.63. The topological polar surface area (TPSA) is 47.6 Å². The maximum Gasteiger partial charge on any atom is 0.257 e. The number of benzene rings is 1. The van der Waals surface area contributed by atoms with E-state index in [0.717, 1.165) is 12.2 Å². The van der Waals surface area contributed by atoms with E-state index < -0.39 is 0 Å². The zero-order chi connectivity index (χ0) is 14.1. The van der Waals surface area contributed by atoms with Crippen LogP contribution in [0.15, 0.2) is 24.3 Å². The third-order valence-electron chi connectivity index (χ3n) is 2.37. The van der Waals surface area contributed by atoms with Gasteiger partial charge in [-0.2, -0.15) is 0 Å². The van der Waals surface area contributed by atoms with Crippen molar-refractivity contribution < 1.29 is 14.3 Å². The largest absolute Gasteiger partial charge is 0.494 e. The molecular weight excluding hydrogens is 242 g/mol. The standard InChI is InChI=1S/C15H23NO3/c1-4-9-18-13-5-7-14(8-6-13)19-11-15(17)16-10-12(2)3/h5-8,12H,4,9-11H2,1-3H3,(H,16,17). The normalized spacial score (nSPS) is 10.3. The van der Waals surface area contributed by atoms with Crippen LogP contribution in [0.2, 0.25) is 0 Å². The molecule has 4 heteroatoms. The molecule has 0 aromatic heterocycles. The number of amides is 1. The summed E-state index contributed by atoms with van der Waals surface area (Å²) in [5.41, 5.74) is 0. The van der Waals surface area contributed by atoms with Gasteiger partial charge >= 0.3 is 0 Å². The molecule has 0 heterocycles. The molecule has 0 saturated heterocycles. The second-order valence-electron chi connectivity index (χ2n) is 4.81. The van der Waals surface area contributed by atoms with Crippen molar-refractivity contribution in [3.8, 4) is 11.5 Å². The summed E-state index contributed by atoms with van der Waals surface area (Å²) in [4.78, 5) is 11.5. The van der Waals surface area contributed by atoms with Crippen molar-refractivity contribution in [2.75, 3.05) is 19.8 Å². The van der Waals surface area contributed by atoms with Gasteiger partial charge in [-0.15, -0.1) is 0 Å². The van der Waals surface area contributed by atoms with Crippen LogP contribution in [0.1, 0.15) is 27.2 Å². The highest BCUT2D eigenvalue weighted by atomic mass is 16.5. The summed E-state index contributed by atoms with van der Waals surface area (Å²) >= 11 is 0. The van der Waals surface area contributed by atoms with Crippen LogP contribution in [0, 0.1) is 5.92 Å². The summed E-state index contributed by atoms with van der Waals surface area (Å²) in [7, 11) is 0. The highest BCUT2D eigenvalue weighted by molar-refractivity contribution is 5.77. The lowest BCUT2D eigenvalue weighted by molar-refractivity contribution is -0.123. The Labute approximate surface area is 115 Å². The lowest BCUT2D eigenvalue weighted by Crippen LogP contribution is -2.31. The van der Waals surface area contributed by atoms with E-state index in [1.807, 2.05) is 12.1 Å². The third kappa shape index (κ3) is 6.70. The van der Waals surface area contributed by atoms with E-state index in [4.69, 9.17) is 9.47 Å². The molecule has 0 saturated carbocycles. The summed E-state index contributed by atoms with van der Waals surface area (Å²) in [6.07, 6.45) is 0.980. The molecule has 1 aromatic rings. The maximum absolute atomic E-state index is 11.5. The summed E-state index contributed by atoms with van der Waals surface area (Å²) in [5.74, 6) is 1.83. The first-order valence-corrected chi connectivity index (χ1v) is 6.74. The Kier molecular flexibility index (Phi) is 6.79. The van der Waals surface area contributed by atoms with Crippen molar-refractivity contribution in [2.24, 2.45) is 5.92 Å². The third-order valence-corrected chi connectivity index (χ3v) is 2.37. The molecule has 0 spiro atoms. The second-order valence-corrected chi connectivity index (χ2v) is 4.81. The minimum atomic E-state index is -0.0972. The van der Waals surface area contributed by atoms with Crippen molar-refractivity contribution >= 4 is 5.91 Å². The molecular formula is C15H23NO3. The summed E-state index contributed by atoms with van der Waals surface area (Å²) in [6.45, 7) is 7.59. The van der Waals surface area contributed by atoms with Crippen LogP contribution in [0.5, 0.6) is 11.5 Å². The van der Waals surface area contributed by atoms with E-state index in [1.165, 1.54) is 0 Å². The first-order valence-electron chi connectivity index (χ1n) is 6.74. The number of hydrogen-bond donors (Lipinski definition) is 1. The highest BCUT2D eigenvalue weighted by Gasteiger charge is 2.03. The van der Waals surface area contributed by atoms with Crippen LogP contribution in [-0.2, 0) is 4.79 Å². The fraction of sp³-hybridized carbons (Fsp3) is 0.533. The van der Waals surface area contributed by atoms with Gasteiger partial charge in [0.1, 0.15) is 11.5 Å². The van der Waals surface area contributed by atoms with Gasteiger partial charge in [-0.05, 0) is 36.6 Å². The van der Waals surface area contributed by atoms with Gasteiger partial charge in [0.05, 0.1) is 6.61 Å².